The summed E-state index contributed by atoms with van der Waals surface area (Å²) < 4.78 is 0. The van der Waals surface area contributed by atoms with Crippen molar-refractivity contribution in [3.05, 3.63) is 10.4 Å². The Morgan fingerprint density at radius 1 is 1.55 bits per heavy atom. The molecule has 11 heavy (non-hydrogen) atoms. The number of hydrogen-bond acceptors (Lipinski definition) is 5. The summed E-state index contributed by atoms with van der Waals surface area (Å²) >= 11 is 0. The van der Waals surface area contributed by atoms with Crippen LogP contribution in [0.5, 0.6) is 0 Å². The van der Waals surface area contributed by atoms with Gasteiger partial charge in [0.2, 0.25) is 0 Å². The summed E-state index contributed by atoms with van der Waals surface area (Å²) in [6.45, 7) is -0.472. The first kappa shape index (κ1) is 10.3. The largest absolute Gasteiger partial charge is 0.411 e. The maximum atomic E-state index is 10.5. The van der Waals surface area contributed by atoms with E-state index < -0.39 is 26.4 Å². The van der Waals surface area contributed by atoms with E-state index in [1.54, 1.807) is 0 Å². The Bertz CT molecular complexity index is 193. The van der Waals surface area contributed by atoms with Crippen LogP contribution in [-0.2, 0) is 4.79 Å². The Labute approximate surface area is 62.5 Å². The van der Waals surface area contributed by atoms with Gasteiger partial charge in [-0.15, -0.1) is 0 Å². The van der Waals surface area contributed by atoms with Crippen molar-refractivity contribution in [2.24, 2.45) is 5.11 Å². The zero-order valence-electron chi connectivity index (χ0n) is 5.45. The van der Waals surface area contributed by atoms with Crippen molar-refractivity contribution >= 4 is 13.7 Å². The monoisotopic (exact) mass is 180 g/mol. The van der Waals surface area contributed by atoms with E-state index in [2.05, 4.69) is 10.0 Å². The molecular formula is C3H7N3O4P+. The Morgan fingerprint density at radius 3 is 2.45 bits per heavy atom. The predicted molar refractivity (Wildman–Crippen MR) is 37.5 cm³/mol. The lowest BCUT2D eigenvalue weighted by Crippen LogP contribution is -2.11. The van der Waals surface area contributed by atoms with Crippen LogP contribution >= 0.6 is 7.94 Å². The third-order valence-corrected chi connectivity index (χ3v) is 1.48. The van der Waals surface area contributed by atoms with E-state index in [0.29, 0.717) is 0 Å². The Kier molecular flexibility index (Phi) is 3.95. The molecule has 0 fully saturated rings. The number of carbonyl (C=O) groups excluding carboxylic acids is 1. The molecule has 0 aromatic heterocycles. The third-order valence-electron chi connectivity index (χ3n) is 0.699. The van der Waals surface area contributed by atoms with Crippen LogP contribution in [0.25, 0.3) is 10.4 Å². The van der Waals surface area contributed by atoms with Gasteiger partial charge in [-0.2, -0.15) is 14.7 Å². The molecule has 0 heterocycles. The van der Waals surface area contributed by atoms with Gasteiger partial charge in [-0.05, 0) is 5.53 Å². The fourth-order valence-corrected chi connectivity index (χ4v) is 0.970. The SMILES string of the molecule is [N-]=[N+]=NCC(=O)C[P+](O)(O)O. The van der Waals surface area contributed by atoms with Crippen molar-refractivity contribution in [2.75, 3.05) is 12.7 Å². The van der Waals surface area contributed by atoms with Crippen LogP contribution in [0.15, 0.2) is 5.11 Å². The number of ketones is 1. The summed E-state index contributed by atoms with van der Waals surface area (Å²) in [5.41, 5.74) is 7.74. The second-order valence-electron chi connectivity index (χ2n) is 1.78. The van der Waals surface area contributed by atoms with Crippen LogP contribution in [-0.4, -0.2) is 33.2 Å². The van der Waals surface area contributed by atoms with E-state index in [-0.39, 0.29) is 0 Å². The molecule has 0 atom stereocenters. The molecule has 0 aromatic rings. The van der Waals surface area contributed by atoms with Crippen molar-refractivity contribution in [3.8, 4) is 0 Å². The minimum atomic E-state index is -4.04. The van der Waals surface area contributed by atoms with E-state index in [4.69, 9.17) is 20.2 Å². The van der Waals surface area contributed by atoms with Gasteiger partial charge in [-0.1, -0.05) is 5.11 Å². The summed E-state index contributed by atoms with van der Waals surface area (Å²) in [5, 5.41) is 2.87. The number of Topliss-reactive ketones (excluding diaryl/α,β-unsaturated/α-hetero) is 1. The zero-order chi connectivity index (χ0) is 8.91. The fourth-order valence-electron chi connectivity index (χ4n) is 0.397. The molecule has 0 aromatic carbocycles. The molecule has 0 amide bonds. The van der Waals surface area contributed by atoms with Crippen LogP contribution in [0.2, 0.25) is 0 Å². The summed E-state index contributed by atoms with van der Waals surface area (Å²) in [6, 6.07) is 0. The first-order valence-corrected chi connectivity index (χ1v) is 4.38. The van der Waals surface area contributed by atoms with Crippen molar-refractivity contribution < 1.29 is 19.5 Å². The van der Waals surface area contributed by atoms with Gasteiger partial charge in [0.25, 0.3) is 0 Å². The van der Waals surface area contributed by atoms with Crippen LogP contribution in [0, 0.1) is 0 Å². The van der Waals surface area contributed by atoms with E-state index in [1.165, 1.54) is 0 Å². The van der Waals surface area contributed by atoms with Gasteiger partial charge in [0.15, 0.2) is 11.9 Å². The molecule has 3 N–H and O–H groups in total. The van der Waals surface area contributed by atoms with Gasteiger partial charge >= 0.3 is 7.94 Å². The predicted octanol–water partition coefficient (Wildman–Crippen LogP) is -0.395. The minimum absolute atomic E-state index is 0.472. The lowest BCUT2D eigenvalue weighted by molar-refractivity contribution is -0.115. The molecule has 0 aliphatic rings. The van der Waals surface area contributed by atoms with Crippen molar-refractivity contribution in [1.82, 2.24) is 0 Å². The number of hydrogen-bond donors (Lipinski definition) is 3. The highest BCUT2D eigenvalue weighted by molar-refractivity contribution is 7.59. The molecule has 0 bridgehead atoms. The lowest BCUT2D eigenvalue weighted by Gasteiger charge is -1.99. The molecule has 0 rings (SSSR count). The zero-order valence-corrected chi connectivity index (χ0v) is 6.35. The second-order valence-corrected chi connectivity index (χ2v) is 3.48. The third kappa shape index (κ3) is 7.18. The Balaban J connectivity index is 3.79. The number of nitrogens with zero attached hydrogens (tertiary/aromatic N) is 3. The Morgan fingerprint density at radius 2 is 2.09 bits per heavy atom. The highest BCUT2D eigenvalue weighted by Gasteiger charge is 2.32. The van der Waals surface area contributed by atoms with Gasteiger partial charge < -0.3 is 0 Å². The maximum absolute atomic E-state index is 10.5. The maximum Gasteiger partial charge on any atom is 0.411 e. The first-order valence-electron chi connectivity index (χ1n) is 2.54. The molecule has 0 aliphatic heterocycles. The highest BCUT2D eigenvalue weighted by atomic mass is 31.2. The fraction of sp³-hybridized carbons (Fsp3) is 0.667. The molecule has 0 saturated heterocycles. The lowest BCUT2D eigenvalue weighted by atomic mass is 10.5. The van der Waals surface area contributed by atoms with E-state index in [0.717, 1.165) is 0 Å². The molecule has 0 radical (unpaired) electrons. The summed E-state index contributed by atoms with van der Waals surface area (Å²) in [4.78, 5) is 37.8. The minimum Gasteiger partial charge on any atom is -0.295 e. The van der Waals surface area contributed by atoms with Crippen molar-refractivity contribution in [1.29, 1.82) is 0 Å². The van der Waals surface area contributed by atoms with E-state index in [9.17, 15) is 4.79 Å². The van der Waals surface area contributed by atoms with Crippen molar-refractivity contribution in [2.45, 2.75) is 0 Å². The molecule has 0 spiro atoms. The normalized spacial score (nSPS) is 10.5. The summed E-state index contributed by atoms with van der Waals surface area (Å²) in [7, 11) is -4.04. The summed E-state index contributed by atoms with van der Waals surface area (Å²) in [5.74, 6) is -0.705. The van der Waals surface area contributed by atoms with E-state index >= 15 is 0 Å². The van der Waals surface area contributed by atoms with Gasteiger partial charge in [0, 0.05) is 4.91 Å². The second kappa shape index (κ2) is 4.23. The van der Waals surface area contributed by atoms with E-state index in [1.807, 2.05) is 0 Å². The van der Waals surface area contributed by atoms with Gasteiger partial charge in [0.05, 0.1) is 6.54 Å². The first-order chi connectivity index (χ1) is 4.95. The van der Waals surface area contributed by atoms with Gasteiger partial charge in [-0.25, -0.2) is 0 Å². The van der Waals surface area contributed by atoms with Crippen LogP contribution < -0.4 is 0 Å². The number of azide groups is 1. The number of carbonyl (C=O) groups is 1. The average Bonchev–Trinajstić information content (AvgIpc) is 1.79. The molecular weight excluding hydrogens is 173 g/mol. The molecule has 0 aliphatic carbocycles. The average molecular weight is 180 g/mol. The number of rotatable bonds is 4. The Hall–Kier alpha value is -0.710. The molecule has 7 nitrogen and oxygen atoms in total. The van der Waals surface area contributed by atoms with Crippen LogP contribution in [0.4, 0.5) is 0 Å². The van der Waals surface area contributed by atoms with Crippen LogP contribution in [0.3, 0.4) is 0 Å². The molecule has 0 unspecified atom stereocenters. The molecule has 8 heteroatoms. The standard InChI is InChI=1S/C3H7N3O4P/c4-6-5-1-3(7)2-11(8,9)10/h8-10H,1-2H2/q+1. The molecule has 62 valence electrons. The van der Waals surface area contributed by atoms with Gasteiger partial charge in [0.1, 0.15) is 0 Å². The quantitative estimate of drug-likeness (QED) is 0.235. The van der Waals surface area contributed by atoms with Crippen molar-refractivity contribution in [3.63, 3.8) is 0 Å². The highest BCUT2D eigenvalue weighted by Crippen LogP contribution is 2.43. The topological polar surface area (TPSA) is 127 Å². The smallest absolute Gasteiger partial charge is 0.295 e. The summed E-state index contributed by atoms with van der Waals surface area (Å²) in [6.07, 6.45) is -0.758. The van der Waals surface area contributed by atoms with Crippen LogP contribution in [0.1, 0.15) is 0 Å². The van der Waals surface area contributed by atoms with Gasteiger partial charge in [-0.3, -0.25) is 4.79 Å². The molecule has 0 saturated carbocycles.